The number of aryl methyl sites for hydroxylation is 2. The molecule has 152 valence electrons. The second-order valence-electron chi connectivity index (χ2n) is 6.88. The fourth-order valence-electron chi connectivity index (χ4n) is 3.07. The third kappa shape index (κ3) is 4.68. The molecule has 3 aromatic rings. The topological polar surface area (TPSA) is 73.2 Å². The minimum absolute atomic E-state index is 0.127. The zero-order valence-electron chi connectivity index (χ0n) is 17.1. The highest BCUT2D eigenvalue weighted by Gasteiger charge is 2.20. The molecule has 3 rings (SSSR count). The van der Waals surface area contributed by atoms with E-state index in [1.165, 1.54) is 11.8 Å². The Morgan fingerprint density at radius 2 is 1.86 bits per heavy atom. The number of carbonyl (C=O) groups is 1. The van der Waals surface area contributed by atoms with Gasteiger partial charge in [0.25, 0.3) is 5.56 Å². The molecule has 2 aromatic carbocycles. The van der Waals surface area contributed by atoms with Crippen molar-refractivity contribution >= 4 is 34.3 Å². The fraction of sp³-hybridized carbons (Fsp3) is 0.318. The van der Waals surface area contributed by atoms with Crippen LogP contribution in [-0.2, 0) is 16.1 Å². The minimum atomic E-state index is -0.434. The third-order valence-corrected chi connectivity index (χ3v) is 5.82. The lowest BCUT2D eigenvalue weighted by Gasteiger charge is -2.17. The normalized spacial score (nSPS) is 12.1. The van der Waals surface area contributed by atoms with Crippen LogP contribution in [0.2, 0.25) is 0 Å². The predicted octanol–water partition coefficient (Wildman–Crippen LogP) is 3.78. The number of anilines is 1. The Labute approximate surface area is 174 Å². The van der Waals surface area contributed by atoms with E-state index in [4.69, 9.17) is 4.74 Å². The molecule has 1 atom stereocenters. The molecule has 0 spiro atoms. The van der Waals surface area contributed by atoms with Crippen molar-refractivity contribution in [1.29, 1.82) is 0 Å². The Morgan fingerprint density at radius 3 is 2.55 bits per heavy atom. The molecule has 0 fully saturated rings. The Bertz CT molecular complexity index is 1070. The highest BCUT2D eigenvalue weighted by Crippen LogP contribution is 2.25. The highest BCUT2D eigenvalue weighted by atomic mass is 32.2. The molecule has 1 heterocycles. The van der Waals surface area contributed by atoms with E-state index in [-0.39, 0.29) is 11.5 Å². The molecule has 0 bridgehead atoms. The van der Waals surface area contributed by atoms with Gasteiger partial charge < -0.3 is 10.1 Å². The number of nitrogens with one attached hydrogen (secondary N) is 1. The van der Waals surface area contributed by atoms with Crippen LogP contribution in [0.15, 0.2) is 52.4 Å². The van der Waals surface area contributed by atoms with Gasteiger partial charge in [-0.1, -0.05) is 42.1 Å². The lowest BCUT2D eigenvalue weighted by molar-refractivity contribution is -0.115. The highest BCUT2D eigenvalue weighted by molar-refractivity contribution is 8.00. The molecule has 1 amide bonds. The van der Waals surface area contributed by atoms with Crippen molar-refractivity contribution in [3.05, 3.63) is 63.9 Å². The molecular weight excluding hydrogens is 386 g/mol. The molecule has 29 heavy (non-hydrogen) atoms. The second-order valence-corrected chi connectivity index (χ2v) is 8.19. The van der Waals surface area contributed by atoms with Gasteiger partial charge in [0.05, 0.1) is 29.3 Å². The first kappa shape index (κ1) is 21.1. The first-order chi connectivity index (χ1) is 13.9. The summed E-state index contributed by atoms with van der Waals surface area (Å²) in [6, 6.07) is 13.1. The van der Waals surface area contributed by atoms with Crippen molar-refractivity contribution in [2.24, 2.45) is 0 Å². The van der Waals surface area contributed by atoms with Crippen molar-refractivity contribution in [3.8, 4) is 0 Å². The van der Waals surface area contributed by atoms with Crippen LogP contribution in [0.3, 0.4) is 0 Å². The lowest BCUT2D eigenvalue weighted by atomic mass is 10.1. The van der Waals surface area contributed by atoms with Crippen LogP contribution < -0.4 is 10.9 Å². The van der Waals surface area contributed by atoms with E-state index in [0.29, 0.717) is 29.2 Å². The van der Waals surface area contributed by atoms with Gasteiger partial charge >= 0.3 is 0 Å². The Kier molecular flexibility index (Phi) is 6.71. The van der Waals surface area contributed by atoms with Crippen LogP contribution in [0.5, 0.6) is 0 Å². The first-order valence-corrected chi connectivity index (χ1v) is 10.3. The van der Waals surface area contributed by atoms with Crippen molar-refractivity contribution in [2.75, 3.05) is 19.0 Å². The summed E-state index contributed by atoms with van der Waals surface area (Å²) in [5.41, 5.74) is 3.34. The molecule has 0 saturated heterocycles. The maximum Gasteiger partial charge on any atom is 0.262 e. The zero-order chi connectivity index (χ0) is 21.0. The van der Waals surface area contributed by atoms with Gasteiger partial charge in [0.15, 0.2) is 5.16 Å². The van der Waals surface area contributed by atoms with Crippen LogP contribution in [-0.4, -0.2) is 34.4 Å². The molecular formula is C22H25N3O3S. The van der Waals surface area contributed by atoms with E-state index in [1.54, 1.807) is 17.7 Å². The summed E-state index contributed by atoms with van der Waals surface area (Å²) in [7, 11) is 1.59. The Hall–Kier alpha value is -2.64. The quantitative estimate of drug-likeness (QED) is 0.473. The van der Waals surface area contributed by atoms with Gasteiger partial charge in [0, 0.05) is 12.8 Å². The van der Waals surface area contributed by atoms with E-state index in [0.717, 1.165) is 16.8 Å². The summed E-state index contributed by atoms with van der Waals surface area (Å²) < 4.78 is 6.73. The lowest BCUT2D eigenvalue weighted by Crippen LogP contribution is -2.28. The number of hydrogen-bond donors (Lipinski definition) is 1. The van der Waals surface area contributed by atoms with Crippen LogP contribution in [0.25, 0.3) is 10.9 Å². The summed E-state index contributed by atoms with van der Waals surface area (Å²) in [6.07, 6.45) is 0. The summed E-state index contributed by atoms with van der Waals surface area (Å²) in [5.74, 6) is -0.131. The summed E-state index contributed by atoms with van der Waals surface area (Å²) >= 11 is 1.27. The number of carbonyl (C=O) groups excluding carboxylic acids is 1. The number of nitrogens with zero attached hydrogens (tertiary/aromatic N) is 2. The van der Waals surface area contributed by atoms with Gasteiger partial charge in [0.1, 0.15) is 0 Å². The number of hydrogen-bond acceptors (Lipinski definition) is 5. The number of benzene rings is 2. The minimum Gasteiger partial charge on any atom is -0.383 e. The SMILES string of the molecule is COCCn1c(S[C@@H](C)C(=O)Nc2c(C)cccc2C)nc2ccccc2c1=O. The molecule has 0 unspecified atom stereocenters. The predicted molar refractivity (Wildman–Crippen MR) is 118 cm³/mol. The molecule has 0 saturated carbocycles. The zero-order valence-corrected chi connectivity index (χ0v) is 17.9. The largest absolute Gasteiger partial charge is 0.383 e. The molecule has 6 nitrogen and oxygen atoms in total. The number of fused-ring (bicyclic) bond motifs is 1. The summed E-state index contributed by atoms with van der Waals surface area (Å²) in [6.45, 7) is 6.51. The molecule has 0 aliphatic carbocycles. The van der Waals surface area contributed by atoms with Gasteiger partial charge in [-0.25, -0.2) is 4.98 Å². The molecule has 0 aliphatic heterocycles. The summed E-state index contributed by atoms with van der Waals surface area (Å²) in [4.78, 5) is 30.4. The maximum atomic E-state index is 12.9. The number of ether oxygens (including phenoxy) is 1. The Morgan fingerprint density at radius 1 is 1.17 bits per heavy atom. The average Bonchev–Trinajstić information content (AvgIpc) is 2.70. The van der Waals surface area contributed by atoms with Crippen molar-refractivity contribution in [1.82, 2.24) is 9.55 Å². The number of aromatic nitrogens is 2. The van der Waals surface area contributed by atoms with Crippen LogP contribution in [0.4, 0.5) is 5.69 Å². The van der Waals surface area contributed by atoms with Crippen molar-refractivity contribution < 1.29 is 9.53 Å². The van der Waals surface area contributed by atoms with E-state index in [1.807, 2.05) is 57.2 Å². The molecule has 0 aliphatic rings. The molecule has 1 aromatic heterocycles. The molecule has 0 radical (unpaired) electrons. The number of rotatable bonds is 7. The van der Waals surface area contributed by atoms with E-state index >= 15 is 0 Å². The monoisotopic (exact) mass is 411 g/mol. The second kappa shape index (κ2) is 9.24. The third-order valence-electron chi connectivity index (χ3n) is 4.73. The van der Waals surface area contributed by atoms with E-state index < -0.39 is 5.25 Å². The van der Waals surface area contributed by atoms with Gasteiger partial charge in [-0.05, 0) is 44.0 Å². The smallest absolute Gasteiger partial charge is 0.262 e. The van der Waals surface area contributed by atoms with Gasteiger partial charge in [0.2, 0.25) is 5.91 Å². The Balaban J connectivity index is 1.89. The number of thioether (sulfide) groups is 1. The van der Waals surface area contributed by atoms with Crippen LogP contribution in [0.1, 0.15) is 18.1 Å². The van der Waals surface area contributed by atoms with E-state index in [9.17, 15) is 9.59 Å². The van der Waals surface area contributed by atoms with Crippen molar-refractivity contribution in [3.63, 3.8) is 0 Å². The number of para-hydroxylation sites is 2. The fourth-order valence-corrected chi connectivity index (χ4v) is 4.00. The van der Waals surface area contributed by atoms with Crippen molar-refractivity contribution in [2.45, 2.75) is 37.7 Å². The van der Waals surface area contributed by atoms with Gasteiger partial charge in [-0.3, -0.25) is 14.2 Å². The van der Waals surface area contributed by atoms with Gasteiger partial charge in [-0.2, -0.15) is 0 Å². The number of methoxy groups -OCH3 is 1. The van der Waals surface area contributed by atoms with E-state index in [2.05, 4.69) is 10.3 Å². The molecule has 7 heteroatoms. The number of amides is 1. The standard InChI is InChI=1S/C22H25N3O3S/c1-14-8-7-9-15(2)19(14)24-20(26)16(3)29-22-23-18-11-6-5-10-17(18)21(27)25(22)12-13-28-4/h5-11,16H,12-13H2,1-4H3,(H,24,26)/t16-/m0/s1. The average molecular weight is 412 g/mol. The maximum absolute atomic E-state index is 12.9. The van der Waals surface area contributed by atoms with Gasteiger partial charge in [-0.15, -0.1) is 0 Å². The van der Waals surface area contributed by atoms with Crippen LogP contribution >= 0.6 is 11.8 Å². The van der Waals surface area contributed by atoms with Crippen LogP contribution in [0, 0.1) is 13.8 Å². The first-order valence-electron chi connectivity index (χ1n) is 9.44. The summed E-state index contributed by atoms with van der Waals surface area (Å²) in [5, 5.41) is 3.64. The molecule has 1 N–H and O–H groups in total.